The highest BCUT2D eigenvalue weighted by Gasteiger charge is 2.59. The first-order chi connectivity index (χ1) is 33.1. The van der Waals surface area contributed by atoms with Gasteiger partial charge in [0.2, 0.25) is 0 Å². The third-order valence-electron chi connectivity index (χ3n) is 10.0. The molecular weight excluding hydrogens is 1170 g/mol. The Morgan fingerprint density at radius 2 is 0.865 bits per heavy atom. The van der Waals surface area contributed by atoms with Crippen molar-refractivity contribution < 1.29 is 177 Å². The summed E-state index contributed by atoms with van der Waals surface area (Å²) in [7, 11) is -32.5. The molecule has 4 saturated heterocycles. The molecule has 0 amide bonds. The normalized spacial score (nSPS) is 37.9. The number of aliphatic hydroxyl groups excluding tert-OH is 4. The topological polar surface area (TPSA) is 661 Å². The SMILES string of the molecule is COC1OC(COS(=O)(=O)O)C(OC2OC(C(=O)O)C(OC3OC(COS(=O)(=O)O)C(OC4OC(C(=O)O)C(OC)C(O)C4OS(=O)(=O)O)C(O)C3NS(=O)(=O)O)C(O)C2O)C(OS(=O)(=O)O)C1NS(=O)(=O)O.N. The average Bonchev–Trinajstić information content (AvgIpc) is 3.21. The molecule has 4 aliphatic heterocycles. The third-order valence-corrected chi connectivity index (χ3v) is 13.0. The lowest BCUT2D eigenvalue weighted by Gasteiger charge is -2.49. The van der Waals surface area contributed by atoms with Crippen LogP contribution in [0.3, 0.4) is 0 Å². The van der Waals surface area contributed by atoms with Crippen LogP contribution in [0.15, 0.2) is 0 Å². The minimum atomic E-state index is -5.87. The van der Waals surface area contributed by atoms with Crippen LogP contribution in [0.5, 0.6) is 0 Å². The summed E-state index contributed by atoms with van der Waals surface area (Å²) in [6.45, 7) is -3.22. The molecule has 0 aromatic carbocycles. The van der Waals surface area contributed by atoms with E-state index in [0.29, 0.717) is 0 Å². The number of aliphatic carboxylic acids is 2. The minimum Gasteiger partial charge on any atom is -0.479 e. The fourth-order valence-corrected chi connectivity index (χ4v) is 10.1. The highest BCUT2D eigenvalue weighted by atomic mass is 32.3. The molecule has 436 valence electrons. The third kappa shape index (κ3) is 18.4. The molecule has 0 radical (unpaired) electrons. The van der Waals surface area contributed by atoms with Gasteiger partial charge in [-0.05, 0) is 0 Å². The summed E-state index contributed by atoms with van der Waals surface area (Å²) in [5, 5.41) is 65.0. The molecule has 0 aromatic heterocycles. The molecule has 0 aliphatic carbocycles. The summed E-state index contributed by atoms with van der Waals surface area (Å²) in [6.07, 6.45) is -47.4. The average molecular weight is 1220 g/mol. The van der Waals surface area contributed by atoms with Crippen molar-refractivity contribution in [3.63, 3.8) is 0 Å². The first-order valence-corrected chi connectivity index (χ1v) is 27.3. The van der Waals surface area contributed by atoms with E-state index < -0.39 is 210 Å². The Morgan fingerprint density at radius 1 is 0.446 bits per heavy atom. The molecule has 20 unspecified atom stereocenters. The number of methoxy groups -OCH3 is 2. The molecule has 17 N–H and O–H groups in total. The van der Waals surface area contributed by atoms with Gasteiger partial charge >= 0.3 is 74.1 Å². The molecule has 42 nitrogen and oxygen atoms in total. The predicted octanol–water partition coefficient (Wildman–Crippen LogP) is -9.99. The van der Waals surface area contributed by atoms with E-state index in [1.165, 1.54) is 9.44 Å². The summed E-state index contributed by atoms with van der Waals surface area (Å²) >= 11 is 0. The van der Waals surface area contributed by atoms with Gasteiger partial charge in [0.1, 0.15) is 79.2 Å². The second-order valence-electron chi connectivity index (χ2n) is 15.0. The Balaban J connectivity index is 0.0000144. The van der Waals surface area contributed by atoms with Crippen molar-refractivity contribution in [3.8, 4) is 0 Å². The molecule has 4 heterocycles. The van der Waals surface area contributed by atoms with Gasteiger partial charge in [0, 0.05) is 14.2 Å². The molecule has 0 spiro atoms. The van der Waals surface area contributed by atoms with E-state index >= 15 is 0 Å². The number of carbonyl (C=O) groups is 2. The first kappa shape index (κ1) is 65.9. The van der Waals surface area contributed by atoms with Crippen LogP contribution in [0.2, 0.25) is 0 Å². The van der Waals surface area contributed by atoms with Crippen molar-refractivity contribution in [2.24, 2.45) is 0 Å². The maximum Gasteiger partial charge on any atom is 0.397 e. The van der Waals surface area contributed by atoms with Crippen LogP contribution >= 0.6 is 0 Å². The Hall–Kier alpha value is -2.40. The maximum absolute atomic E-state index is 12.7. The van der Waals surface area contributed by atoms with Gasteiger partial charge in [0.25, 0.3) is 0 Å². The van der Waals surface area contributed by atoms with Crippen molar-refractivity contribution in [2.75, 3.05) is 27.4 Å². The van der Waals surface area contributed by atoms with Crippen LogP contribution in [0, 0.1) is 0 Å². The van der Waals surface area contributed by atoms with Gasteiger partial charge in [0.05, 0.1) is 13.2 Å². The van der Waals surface area contributed by atoms with Crippen molar-refractivity contribution in [1.29, 1.82) is 0 Å². The van der Waals surface area contributed by atoms with Gasteiger partial charge in [-0.1, -0.05) is 0 Å². The smallest absolute Gasteiger partial charge is 0.397 e. The number of hydrogen-bond acceptors (Lipinski definition) is 32. The van der Waals surface area contributed by atoms with Crippen molar-refractivity contribution in [3.05, 3.63) is 0 Å². The second-order valence-corrected chi connectivity index (χ2v) is 21.6. The van der Waals surface area contributed by atoms with E-state index in [2.05, 4.69) is 16.7 Å². The van der Waals surface area contributed by atoms with Crippen molar-refractivity contribution in [2.45, 2.75) is 123 Å². The van der Waals surface area contributed by atoms with Crippen molar-refractivity contribution >= 4 is 74.1 Å². The van der Waals surface area contributed by atoms with Crippen LogP contribution in [0.4, 0.5) is 0 Å². The number of nitrogens with one attached hydrogen (secondary N) is 2. The standard InChI is InChI=1S/C26H44N2O39S6.H3N/c1-55-16-12(32)18(67-73(52,53)54)26(65-19(16)21(33)34)61-13-5(3-57-70(43,44)45)60-24(7(9(13)29)27-68(37,38)39)63-17-10(30)11(31)25(64-20(17)22(35)36)62-14-6(4-58-71(46,47)48)59-23(56-2)8(28-69(40,41)42)15(14)66-72(49,50)51;/h5-20,23-32H,3-4H2,1-2H3,(H,33,34)(H,35,36)(H,37,38,39)(H,40,41,42)(H,43,44,45)(H,46,47,48)(H,49,50,51)(H,52,53,54);1H3. The maximum atomic E-state index is 12.7. The molecule has 74 heavy (non-hydrogen) atoms. The number of carboxylic acids is 2. The lowest BCUT2D eigenvalue weighted by molar-refractivity contribution is -0.369. The zero-order valence-electron chi connectivity index (χ0n) is 36.5. The molecule has 0 aromatic rings. The highest BCUT2D eigenvalue weighted by molar-refractivity contribution is 7.84. The number of aliphatic hydroxyl groups is 4. The molecule has 0 bridgehead atoms. The first-order valence-electron chi connectivity index (χ1n) is 19.0. The molecule has 4 aliphatic rings. The van der Waals surface area contributed by atoms with E-state index in [0.717, 1.165) is 14.2 Å². The van der Waals surface area contributed by atoms with E-state index in [4.69, 9.17) is 42.6 Å². The summed E-state index contributed by atoms with van der Waals surface area (Å²) in [6, 6.07) is -5.20. The monoisotopic (exact) mass is 1220 g/mol. The van der Waals surface area contributed by atoms with Gasteiger partial charge in [0.15, 0.2) is 43.5 Å². The van der Waals surface area contributed by atoms with Crippen LogP contribution in [0.1, 0.15) is 0 Å². The zero-order valence-corrected chi connectivity index (χ0v) is 41.4. The minimum absolute atomic E-state index is 0. The Kier molecular flexibility index (Phi) is 22.4. The van der Waals surface area contributed by atoms with Gasteiger partial charge < -0.3 is 79.4 Å². The fraction of sp³-hybridized carbons (Fsp3) is 0.923. The molecule has 48 heteroatoms. The molecular formula is C26H47N3O39S6. The second kappa shape index (κ2) is 25.2. The summed E-state index contributed by atoms with van der Waals surface area (Å²) in [4.78, 5) is 24.8. The van der Waals surface area contributed by atoms with Gasteiger partial charge in [-0.3, -0.25) is 27.3 Å². The molecule has 20 atom stereocenters. The summed E-state index contributed by atoms with van der Waals surface area (Å²) < 4.78 is 266. The number of hydrogen-bond donors (Lipinski definition) is 15. The number of ether oxygens (including phenoxy) is 9. The van der Waals surface area contributed by atoms with Crippen LogP contribution in [-0.2, 0) is 131 Å². The van der Waals surface area contributed by atoms with Crippen LogP contribution in [-0.4, -0.2) is 271 Å². The van der Waals surface area contributed by atoms with Crippen molar-refractivity contribution in [1.82, 2.24) is 15.6 Å². The lowest BCUT2D eigenvalue weighted by Crippen LogP contribution is -2.70. The molecule has 0 saturated carbocycles. The fourth-order valence-electron chi connectivity index (χ4n) is 7.30. The van der Waals surface area contributed by atoms with Gasteiger partial charge in [-0.25, -0.2) is 26.3 Å². The zero-order chi connectivity index (χ0) is 55.7. The number of carboxylic acid groups (broad SMARTS) is 2. The molecule has 4 rings (SSSR count). The Bertz CT molecular complexity index is 2620. The van der Waals surface area contributed by atoms with E-state index in [1.807, 2.05) is 0 Å². The number of rotatable bonds is 24. The van der Waals surface area contributed by atoms with Gasteiger partial charge in [-0.2, -0.15) is 60.0 Å². The Labute approximate surface area is 416 Å². The highest BCUT2D eigenvalue weighted by Crippen LogP contribution is 2.37. The summed E-state index contributed by atoms with van der Waals surface area (Å²) in [5.74, 6) is -4.30. The quantitative estimate of drug-likeness (QED) is 0.0399. The molecule has 4 fully saturated rings. The van der Waals surface area contributed by atoms with E-state index in [9.17, 15) is 118 Å². The van der Waals surface area contributed by atoms with Crippen LogP contribution in [0.25, 0.3) is 0 Å². The Morgan fingerprint density at radius 3 is 1.31 bits per heavy atom. The lowest BCUT2D eigenvalue weighted by atomic mass is 9.94. The largest absolute Gasteiger partial charge is 0.479 e. The van der Waals surface area contributed by atoms with Gasteiger partial charge in [-0.15, -0.1) is 0 Å². The van der Waals surface area contributed by atoms with Crippen LogP contribution < -0.4 is 15.6 Å². The van der Waals surface area contributed by atoms with E-state index in [1.54, 1.807) is 0 Å². The summed E-state index contributed by atoms with van der Waals surface area (Å²) in [5.41, 5.74) is 0. The predicted molar refractivity (Wildman–Crippen MR) is 216 cm³/mol. The van der Waals surface area contributed by atoms with E-state index in [-0.39, 0.29) is 6.15 Å².